The molecule has 4 rings (SSSR count). The van der Waals surface area contributed by atoms with Crippen molar-refractivity contribution in [3.8, 4) is 0 Å². The summed E-state index contributed by atoms with van der Waals surface area (Å²) in [5.41, 5.74) is 3.26. The van der Waals surface area contributed by atoms with E-state index >= 15 is 0 Å². The Kier molecular flexibility index (Phi) is 5.98. The molecule has 2 aromatic rings. The highest BCUT2D eigenvalue weighted by molar-refractivity contribution is 8.01. The van der Waals surface area contributed by atoms with Crippen LogP contribution in [0.1, 0.15) is 30.4 Å². The zero-order valence-electron chi connectivity index (χ0n) is 15.9. The van der Waals surface area contributed by atoms with Crippen LogP contribution < -0.4 is 15.5 Å². The summed E-state index contributed by atoms with van der Waals surface area (Å²) >= 11 is 1.46. The molecule has 28 heavy (non-hydrogen) atoms. The van der Waals surface area contributed by atoms with Gasteiger partial charge in [0.2, 0.25) is 11.8 Å². The molecule has 0 unspecified atom stereocenters. The number of quaternary nitrogens is 1. The molecule has 1 fully saturated rings. The zero-order chi connectivity index (χ0) is 19.3. The fourth-order valence-electron chi connectivity index (χ4n) is 3.78. The van der Waals surface area contributed by atoms with E-state index in [2.05, 4.69) is 34.9 Å². The summed E-state index contributed by atoms with van der Waals surface area (Å²) in [6, 6.07) is 16.2. The monoisotopic (exact) mass is 396 g/mol. The Morgan fingerprint density at radius 3 is 2.57 bits per heavy atom. The van der Waals surface area contributed by atoms with Gasteiger partial charge < -0.3 is 15.5 Å². The number of anilines is 1. The van der Waals surface area contributed by atoms with Gasteiger partial charge in [-0.1, -0.05) is 36.4 Å². The zero-order valence-corrected chi connectivity index (χ0v) is 16.7. The molecular weight excluding hydrogens is 370 g/mol. The van der Waals surface area contributed by atoms with Gasteiger partial charge in [-0.3, -0.25) is 9.59 Å². The van der Waals surface area contributed by atoms with Gasteiger partial charge in [0.1, 0.15) is 6.54 Å². The summed E-state index contributed by atoms with van der Waals surface area (Å²) in [4.78, 5) is 27.2. The molecule has 146 valence electrons. The second-order valence-corrected chi connectivity index (χ2v) is 8.77. The van der Waals surface area contributed by atoms with Crippen LogP contribution in [0.25, 0.3) is 0 Å². The molecule has 1 atom stereocenters. The van der Waals surface area contributed by atoms with Gasteiger partial charge in [-0.25, -0.2) is 0 Å². The van der Waals surface area contributed by atoms with Crippen molar-refractivity contribution in [3.63, 3.8) is 0 Å². The highest BCUT2D eigenvalue weighted by atomic mass is 32.2. The predicted molar refractivity (Wildman–Crippen MR) is 111 cm³/mol. The average Bonchev–Trinajstić information content (AvgIpc) is 3.21. The second-order valence-electron chi connectivity index (χ2n) is 7.52. The predicted octanol–water partition coefficient (Wildman–Crippen LogP) is 1.98. The molecule has 0 saturated carbocycles. The first kappa shape index (κ1) is 19.0. The van der Waals surface area contributed by atoms with Crippen molar-refractivity contribution in [1.29, 1.82) is 0 Å². The molecule has 2 aliphatic rings. The van der Waals surface area contributed by atoms with Gasteiger partial charge >= 0.3 is 0 Å². The second kappa shape index (κ2) is 8.80. The lowest BCUT2D eigenvalue weighted by Gasteiger charge is -2.23. The lowest BCUT2D eigenvalue weighted by atomic mass is 10.1. The van der Waals surface area contributed by atoms with Gasteiger partial charge in [0.15, 0.2) is 0 Å². The molecule has 0 aliphatic carbocycles. The molecule has 3 N–H and O–H groups in total. The Morgan fingerprint density at radius 2 is 1.79 bits per heavy atom. The number of nitrogens with one attached hydrogen (secondary N) is 3. The number of carbonyl (C=O) groups is 2. The highest BCUT2D eigenvalue weighted by Gasteiger charge is 2.28. The highest BCUT2D eigenvalue weighted by Crippen LogP contribution is 2.36. The minimum atomic E-state index is -0.388. The maximum Gasteiger partial charge on any atom is 0.238 e. The topological polar surface area (TPSA) is 62.6 Å². The minimum Gasteiger partial charge on any atom is -0.352 e. The van der Waals surface area contributed by atoms with E-state index in [1.807, 2.05) is 24.3 Å². The first-order chi connectivity index (χ1) is 13.7. The van der Waals surface area contributed by atoms with Crippen LogP contribution in [-0.2, 0) is 22.7 Å². The molecule has 2 amide bonds. The number of thioether (sulfide) groups is 1. The molecule has 0 aromatic heterocycles. The van der Waals surface area contributed by atoms with Crippen LogP contribution in [0.2, 0.25) is 0 Å². The summed E-state index contributed by atoms with van der Waals surface area (Å²) < 4.78 is 0. The molecule has 1 saturated heterocycles. The number of rotatable bonds is 6. The Balaban J connectivity index is 1.26. The average molecular weight is 397 g/mol. The molecule has 5 nitrogen and oxygen atoms in total. The number of benzene rings is 2. The van der Waals surface area contributed by atoms with E-state index in [0.717, 1.165) is 22.7 Å². The molecular formula is C22H26N3O2S+. The van der Waals surface area contributed by atoms with E-state index in [9.17, 15) is 9.59 Å². The summed E-state index contributed by atoms with van der Waals surface area (Å²) in [5, 5.41) is 5.44. The van der Waals surface area contributed by atoms with Crippen molar-refractivity contribution in [2.45, 2.75) is 42.5 Å². The summed E-state index contributed by atoms with van der Waals surface area (Å²) in [6.07, 6.45) is 2.85. The third kappa shape index (κ3) is 4.75. The smallest absolute Gasteiger partial charge is 0.238 e. The largest absolute Gasteiger partial charge is 0.352 e. The van der Waals surface area contributed by atoms with E-state index < -0.39 is 0 Å². The quantitative estimate of drug-likeness (QED) is 0.700. The lowest BCUT2D eigenvalue weighted by Crippen LogP contribution is -3.08. The normalized spacial score (nSPS) is 19.1. The van der Waals surface area contributed by atoms with Crippen LogP contribution in [0.15, 0.2) is 53.4 Å². The van der Waals surface area contributed by atoms with Crippen LogP contribution in [0.4, 0.5) is 5.69 Å². The van der Waals surface area contributed by atoms with Crippen LogP contribution >= 0.6 is 11.8 Å². The van der Waals surface area contributed by atoms with Gasteiger partial charge in [0.25, 0.3) is 0 Å². The van der Waals surface area contributed by atoms with E-state index in [4.69, 9.17) is 0 Å². The van der Waals surface area contributed by atoms with Gasteiger partial charge in [-0.05, 0) is 17.7 Å². The SMILES string of the molecule is O=C(C[C@@H]1Sc2ccccc2NC1=O)NCc1ccc(C[NH+]2CCCC2)cc1. The molecule has 2 aliphatic heterocycles. The van der Waals surface area contributed by atoms with Crippen molar-refractivity contribution in [2.24, 2.45) is 0 Å². The van der Waals surface area contributed by atoms with Gasteiger partial charge in [-0.15, -0.1) is 11.8 Å². The number of hydrogen-bond acceptors (Lipinski definition) is 3. The minimum absolute atomic E-state index is 0.0994. The van der Waals surface area contributed by atoms with Crippen molar-refractivity contribution < 1.29 is 14.5 Å². The number of amides is 2. The lowest BCUT2D eigenvalue weighted by molar-refractivity contribution is -0.901. The van der Waals surface area contributed by atoms with E-state index in [0.29, 0.717) is 6.54 Å². The number of fused-ring (bicyclic) bond motifs is 1. The van der Waals surface area contributed by atoms with Gasteiger partial charge in [0.05, 0.1) is 24.0 Å². The Morgan fingerprint density at radius 1 is 1.07 bits per heavy atom. The van der Waals surface area contributed by atoms with Crippen molar-refractivity contribution in [2.75, 3.05) is 18.4 Å². The maximum atomic E-state index is 12.3. The van der Waals surface area contributed by atoms with Crippen molar-refractivity contribution >= 4 is 29.3 Å². The van der Waals surface area contributed by atoms with Gasteiger partial charge in [0, 0.05) is 36.3 Å². The van der Waals surface area contributed by atoms with Crippen molar-refractivity contribution in [1.82, 2.24) is 5.32 Å². The molecule has 2 aromatic carbocycles. The molecule has 2 heterocycles. The number of carbonyl (C=O) groups excluding carboxylic acids is 2. The van der Waals surface area contributed by atoms with Crippen LogP contribution in [0.3, 0.4) is 0 Å². The Bertz CT molecular complexity index is 847. The summed E-state index contributed by atoms with van der Waals surface area (Å²) in [7, 11) is 0. The fraction of sp³-hybridized carbons (Fsp3) is 0.364. The third-order valence-electron chi connectivity index (χ3n) is 5.35. The van der Waals surface area contributed by atoms with Crippen LogP contribution in [0.5, 0.6) is 0 Å². The standard InChI is InChI=1S/C22H25N3O2S/c26-21(13-20-22(27)24-18-5-1-2-6-19(18)28-20)23-14-16-7-9-17(10-8-16)15-25-11-3-4-12-25/h1-2,5-10,20H,3-4,11-15H2,(H,23,26)(H,24,27)/p+1/t20-/m0/s1. The van der Waals surface area contributed by atoms with Crippen molar-refractivity contribution in [3.05, 3.63) is 59.7 Å². The fourth-order valence-corrected chi connectivity index (χ4v) is 4.89. The van der Waals surface area contributed by atoms with E-state index in [-0.39, 0.29) is 23.5 Å². The summed E-state index contributed by atoms with van der Waals surface area (Å²) in [6.45, 7) is 4.12. The third-order valence-corrected chi connectivity index (χ3v) is 6.63. The molecule has 0 spiro atoms. The number of hydrogen-bond donors (Lipinski definition) is 3. The van der Waals surface area contributed by atoms with Gasteiger partial charge in [-0.2, -0.15) is 0 Å². The van der Waals surface area contributed by atoms with Crippen LogP contribution in [0, 0.1) is 0 Å². The van der Waals surface area contributed by atoms with E-state index in [1.54, 1.807) is 4.90 Å². The van der Waals surface area contributed by atoms with Crippen LogP contribution in [-0.4, -0.2) is 30.2 Å². The molecule has 0 radical (unpaired) electrons. The Hall–Kier alpha value is -2.31. The maximum absolute atomic E-state index is 12.3. The number of likely N-dealkylation sites (tertiary alicyclic amines) is 1. The molecule has 6 heteroatoms. The number of para-hydroxylation sites is 1. The Labute approximate surface area is 169 Å². The molecule has 0 bridgehead atoms. The first-order valence-corrected chi connectivity index (χ1v) is 10.8. The first-order valence-electron chi connectivity index (χ1n) is 9.92. The van der Waals surface area contributed by atoms with E-state index in [1.165, 1.54) is 43.3 Å². The summed E-state index contributed by atoms with van der Waals surface area (Å²) in [5.74, 6) is -0.203.